The van der Waals surface area contributed by atoms with Gasteiger partial charge >= 0.3 is 0 Å². The minimum atomic E-state index is -3.76. The van der Waals surface area contributed by atoms with E-state index >= 15 is 0 Å². The van der Waals surface area contributed by atoms with Gasteiger partial charge in [-0.05, 0) is 73.4 Å². The average molecular weight is 459 g/mol. The number of hydrogen-bond acceptors (Lipinski definition) is 7. The number of ether oxygens (including phenoxy) is 1. The molecule has 0 bridgehead atoms. The first-order valence-electron chi connectivity index (χ1n) is 10.7. The van der Waals surface area contributed by atoms with Gasteiger partial charge in [0.05, 0.1) is 6.61 Å². The Bertz CT molecular complexity index is 1180. The number of fused-ring (bicyclic) bond motifs is 1. The highest BCUT2D eigenvalue weighted by molar-refractivity contribution is 7.89. The van der Waals surface area contributed by atoms with Crippen molar-refractivity contribution in [3.63, 3.8) is 0 Å². The zero-order valence-corrected chi connectivity index (χ0v) is 18.9. The van der Waals surface area contributed by atoms with Crippen LogP contribution in [0.2, 0.25) is 0 Å². The molecule has 1 amide bonds. The molecule has 0 radical (unpaired) electrons. The molecule has 0 saturated carbocycles. The van der Waals surface area contributed by atoms with Crippen LogP contribution in [0.15, 0.2) is 52.0 Å². The summed E-state index contributed by atoms with van der Waals surface area (Å²) in [4.78, 5) is 15.0. The third-order valence-corrected chi connectivity index (χ3v) is 7.64. The van der Waals surface area contributed by atoms with Gasteiger partial charge in [-0.2, -0.15) is 4.31 Å². The summed E-state index contributed by atoms with van der Waals surface area (Å²) in [5, 5.41) is 7.47. The fourth-order valence-electron chi connectivity index (χ4n) is 4.05. The lowest BCUT2D eigenvalue weighted by Crippen LogP contribution is -2.44. The highest BCUT2D eigenvalue weighted by Crippen LogP contribution is 2.29. The Kier molecular flexibility index (Phi) is 6.43. The van der Waals surface area contributed by atoms with E-state index in [9.17, 15) is 13.2 Å². The number of sulfonamides is 1. The quantitative estimate of drug-likeness (QED) is 0.536. The maximum atomic E-state index is 13.2. The number of carbonyl (C=O) groups excluding carboxylic acids is 1. The van der Waals surface area contributed by atoms with Crippen LogP contribution in [0.25, 0.3) is 11.0 Å². The molecular formula is C22H26N4O5S. The molecule has 2 heterocycles. The average Bonchev–Trinajstić information content (AvgIpc) is 3.30. The number of benzene rings is 2. The van der Waals surface area contributed by atoms with Crippen LogP contribution >= 0.6 is 0 Å². The molecule has 0 unspecified atom stereocenters. The second-order valence-corrected chi connectivity index (χ2v) is 9.48. The topological polar surface area (TPSA) is 106 Å². The van der Waals surface area contributed by atoms with Crippen LogP contribution < -0.4 is 9.64 Å². The van der Waals surface area contributed by atoms with E-state index in [4.69, 9.17) is 9.37 Å². The van der Waals surface area contributed by atoms with Crippen LogP contribution in [0.1, 0.15) is 26.7 Å². The normalized spacial score (nSPS) is 15.7. The van der Waals surface area contributed by atoms with Crippen molar-refractivity contribution in [1.29, 1.82) is 0 Å². The van der Waals surface area contributed by atoms with Gasteiger partial charge < -0.3 is 9.64 Å². The van der Waals surface area contributed by atoms with Crippen molar-refractivity contribution in [3.8, 4) is 5.75 Å². The van der Waals surface area contributed by atoms with Gasteiger partial charge in [0.1, 0.15) is 16.2 Å². The fourth-order valence-corrected chi connectivity index (χ4v) is 5.65. The minimum absolute atomic E-state index is 0.0107. The van der Waals surface area contributed by atoms with Gasteiger partial charge in [0.2, 0.25) is 15.9 Å². The largest absolute Gasteiger partial charge is 0.494 e. The maximum Gasteiger partial charge on any atom is 0.245 e. The van der Waals surface area contributed by atoms with Crippen LogP contribution in [0.5, 0.6) is 5.75 Å². The number of amides is 1. The molecule has 4 rings (SSSR count). The third-order valence-electron chi connectivity index (χ3n) is 5.71. The molecule has 1 fully saturated rings. The maximum absolute atomic E-state index is 13.2. The number of rotatable bonds is 7. The molecule has 170 valence electrons. The summed E-state index contributed by atoms with van der Waals surface area (Å²) in [6, 6.07) is 12.2. The molecule has 0 atom stereocenters. The van der Waals surface area contributed by atoms with Crippen LogP contribution in [0.3, 0.4) is 0 Å². The number of nitrogens with zero attached hydrogens (tertiary/aromatic N) is 4. The summed E-state index contributed by atoms with van der Waals surface area (Å²) in [5.41, 5.74) is 1.42. The van der Waals surface area contributed by atoms with Crippen molar-refractivity contribution in [2.45, 2.75) is 31.6 Å². The van der Waals surface area contributed by atoms with Gasteiger partial charge in [-0.25, -0.2) is 13.0 Å². The first-order valence-corrected chi connectivity index (χ1v) is 12.2. The van der Waals surface area contributed by atoms with E-state index in [0.717, 1.165) is 11.4 Å². The second kappa shape index (κ2) is 9.25. The molecule has 0 aliphatic carbocycles. The number of aromatic nitrogens is 2. The van der Waals surface area contributed by atoms with Crippen molar-refractivity contribution >= 4 is 32.7 Å². The van der Waals surface area contributed by atoms with Crippen molar-refractivity contribution in [2.24, 2.45) is 5.92 Å². The fraction of sp³-hybridized carbons (Fsp3) is 0.409. The summed E-state index contributed by atoms with van der Waals surface area (Å²) in [5.74, 6) is 0.532. The van der Waals surface area contributed by atoms with E-state index in [0.29, 0.717) is 31.5 Å². The Morgan fingerprint density at radius 3 is 2.50 bits per heavy atom. The van der Waals surface area contributed by atoms with E-state index in [1.54, 1.807) is 17.0 Å². The van der Waals surface area contributed by atoms with Crippen LogP contribution in [-0.2, 0) is 14.8 Å². The number of anilines is 1. The molecule has 0 N–H and O–H groups in total. The van der Waals surface area contributed by atoms with Crippen LogP contribution in [0, 0.1) is 5.92 Å². The molecule has 0 spiro atoms. The zero-order valence-electron chi connectivity index (χ0n) is 18.1. The molecule has 9 nitrogen and oxygen atoms in total. The first kappa shape index (κ1) is 22.2. The van der Waals surface area contributed by atoms with E-state index in [1.807, 2.05) is 38.1 Å². The summed E-state index contributed by atoms with van der Waals surface area (Å²) in [6.45, 7) is 5.50. The highest BCUT2D eigenvalue weighted by Gasteiger charge is 2.35. The Morgan fingerprint density at radius 1 is 1.12 bits per heavy atom. The van der Waals surface area contributed by atoms with Crippen molar-refractivity contribution in [3.05, 3.63) is 42.5 Å². The first-order chi connectivity index (χ1) is 15.5. The smallest absolute Gasteiger partial charge is 0.245 e. The highest BCUT2D eigenvalue weighted by atomic mass is 32.2. The number of carbonyl (C=O) groups is 1. The van der Waals surface area contributed by atoms with Crippen molar-refractivity contribution < 1.29 is 22.6 Å². The molecule has 3 aromatic rings. The third kappa shape index (κ3) is 4.20. The summed E-state index contributed by atoms with van der Waals surface area (Å²) < 4.78 is 37.9. The van der Waals surface area contributed by atoms with Gasteiger partial charge in [-0.15, -0.1) is 0 Å². The Balaban J connectivity index is 1.45. The number of hydrogen-bond donors (Lipinski definition) is 0. The van der Waals surface area contributed by atoms with Crippen LogP contribution in [0.4, 0.5) is 5.69 Å². The molecule has 2 aromatic carbocycles. The molecule has 10 heteroatoms. The second-order valence-electron chi connectivity index (χ2n) is 7.58. The van der Waals surface area contributed by atoms with E-state index < -0.39 is 10.0 Å². The summed E-state index contributed by atoms with van der Waals surface area (Å²) in [6.07, 6.45) is 0.914. The monoisotopic (exact) mass is 458 g/mol. The Morgan fingerprint density at radius 2 is 1.84 bits per heavy atom. The van der Waals surface area contributed by atoms with E-state index in [-0.39, 0.29) is 35.3 Å². The van der Waals surface area contributed by atoms with Crippen molar-refractivity contribution in [2.75, 3.05) is 31.1 Å². The number of piperidine rings is 1. The predicted molar refractivity (Wildman–Crippen MR) is 119 cm³/mol. The molecule has 1 saturated heterocycles. The van der Waals surface area contributed by atoms with E-state index in [1.165, 1.54) is 10.4 Å². The summed E-state index contributed by atoms with van der Waals surface area (Å²) >= 11 is 0. The van der Waals surface area contributed by atoms with E-state index in [2.05, 4.69) is 10.3 Å². The molecule has 1 aliphatic rings. The van der Waals surface area contributed by atoms with Gasteiger partial charge in [0, 0.05) is 31.2 Å². The lowest BCUT2D eigenvalue weighted by atomic mass is 9.96. The van der Waals surface area contributed by atoms with Gasteiger partial charge in [0.25, 0.3) is 0 Å². The van der Waals surface area contributed by atoms with Gasteiger partial charge in [-0.1, -0.05) is 6.07 Å². The summed E-state index contributed by atoms with van der Waals surface area (Å²) in [7, 11) is -3.76. The molecule has 1 aromatic heterocycles. The van der Waals surface area contributed by atoms with Crippen molar-refractivity contribution in [1.82, 2.24) is 14.6 Å². The molecule has 32 heavy (non-hydrogen) atoms. The zero-order chi connectivity index (χ0) is 22.7. The van der Waals surface area contributed by atoms with Crippen LogP contribution in [-0.4, -0.2) is 55.2 Å². The molecular weight excluding hydrogens is 432 g/mol. The Labute approximate surface area is 187 Å². The standard InChI is InChI=1S/C22H26N4O5S/c1-3-26(17-8-10-18(11-9-17)30-4-2)22(27)16-12-14-25(15-13-16)32(28,29)20-7-5-6-19-21(20)24-31-23-19/h5-11,16H,3-4,12-15H2,1-2H3. The Hall–Kier alpha value is -2.98. The minimum Gasteiger partial charge on any atom is -0.494 e. The molecule has 1 aliphatic heterocycles. The van der Waals surface area contributed by atoms with Gasteiger partial charge in [0.15, 0.2) is 5.52 Å². The predicted octanol–water partition coefficient (Wildman–Crippen LogP) is 3.08. The lowest BCUT2D eigenvalue weighted by molar-refractivity contribution is -0.123. The lowest BCUT2D eigenvalue weighted by Gasteiger charge is -2.33. The SMILES string of the molecule is CCOc1ccc(N(CC)C(=O)C2CCN(S(=O)(=O)c3cccc4nonc34)CC2)cc1. The van der Waals surface area contributed by atoms with Gasteiger partial charge in [-0.3, -0.25) is 4.79 Å².